The van der Waals surface area contributed by atoms with E-state index < -0.39 is 0 Å². The summed E-state index contributed by atoms with van der Waals surface area (Å²) in [6.45, 7) is 1.97. The molecule has 0 unspecified atom stereocenters. The Hall–Kier alpha value is -3.21. The number of pyridine rings is 3. The predicted octanol–water partition coefficient (Wildman–Crippen LogP) is 2.54. The summed E-state index contributed by atoms with van der Waals surface area (Å²) in [5.41, 5.74) is 3.30. The number of fused-ring (bicyclic) bond motifs is 3. The molecule has 3 heterocycles. The summed E-state index contributed by atoms with van der Waals surface area (Å²) in [5, 5.41) is 0.792. The Kier molecular flexibility index (Phi) is 2.87. The largest absolute Gasteiger partial charge is 0.319 e. The van der Waals surface area contributed by atoms with Crippen LogP contribution in [0.4, 0.5) is 0 Å². The molecule has 0 aliphatic heterocycles. The van der Waals surface area contributed by atoms with Gasteiger partial charge in [-0.05, 0) is 36.8 Å². The van der Waals surface area contributed by atoms with Crippen molar-refractivity contribution < 1.29 is 0 Å². The van der Waals surface area contributed by atoms with E-state index in [-0.39, 0.29) is 11.1 Å². The fourth-order valence-corrected chi connectivity index (χ4v) is 2.83. The van der Waals surface area contributed by atoms with Crippen LogP contribution in [0.25, 0.3) is 27.6 Å². The van der Waals surface area contributed by atoms with E-state index in [1.54, 1.807) is 22.9 Å². The minimum Gasteiger partial charge on any atom is -0.319 e. The molecule has 1 aromatic carbocycles. The van der Waals surface area contributed by atoms with Gasteiger partial charge in [0.05, 0.1) is 16.6 Å². The molecule has 1 N–H and O–H groups in total. The Labute approximate surface area is 130 Å². The van der Waals surface area contributed by atoms with E-state index >= 15 is 0 Å². The minimum absolute atomic E-state index is 0.152. The van der Waals surface area contributed by atoms with Gasteiger partial charge in [0.2, 0.25) is 5.56 Å². The van der Waals surface area contributed by atoms with E-state index in [1.165, 1.54) is 12.1 Å². The zero-order valence-corrected chi connectivity index (χ0v) is 12.4. The highest BCUT2D eigenvalue weighted by atomic mass is 16.1. The van der Waals surface area contributed by atoms with Crippen LogP contribution in [0.3, 0.4) is 0 Å². The molecule has 0 aliphatic carbocycles. The third-order valence-corrected chi connectivity index (χ3v) is 3.86. The lowest BCUT2D eigenvalue weighted by Gasteiger charge is -2.12. The van der Waals surface area contributed by atoms with Crippen LogP contribution in [0.2, 0.25) is 0 Å². The number of H-pyrrole nitrogens is 1. The average Bonchev–Trinajstić information content (AvgIpc) is 2.54. The Bertz CT molecular complexity index is 1170. The summed E-state index contributed by atoms with van der Waals surface area (Å²) in [4.78, 5) is 31.4. The van der Waals surface area contributed by atoms with E-state index in [4.69, 9.17) is 0 Å². The Morgan fingerprint density at radius 1 is 1.04 bits per heavy atom. The topological polar surface area (TPSA) is 67.8 Å². The standard InChI is InChI=1S/C18H13N3O2/c1-11-3-2-4-13(9-11)21-16(23)8-5-12-10-19-14-6-7-15(22)20-17(14)18(12)21/h2-10H,1H3,(H,20,22). The fourth-order valence-electron chi connectivity index (χ4n) is 2.83. The Morgan fingerprint density at radius 2 is 1.91 bits per heavy atom. The summed E-state index contributed by atoms with van der Waals surface area (Å²) in [7, 11) is 0. The second-order valence-corrected chi connectivity index (χ2v) is 5.49. The van der Waals surface area contributed by atoms with Gasteiger partial charge in [0.1, 0.15) is 0 Å². The molecule has 0 saturated heterocycles. The first-order valence-corrected chi connectivity index (χ1v) is 7.24. The molecule has 0 fully saturated rings. The molecule has 0 saturated carbocycles. The maximum absolute atomic E-state index is 12.5. The average molecular weight is 303 g/mol. The number of benzene rings is 1. The molecular weight excluding hydrogens is 290 g/mol. The van der Waals surface area contributed by atoms with E-state index in [2.05, 4.69) is 9.97 Å². The number of hydrogen-bond acceptors (Lipinski definition) is 3. The molecule has 0 atom stereocenters. The van der Waals surface area contributed by atoms with Crippen LogP contribution in [0.1, 0.15) is 5.56 Å². The van der Waals surface area contributed by atoms with Gasteiger partial charge >= 0.3 is 0 Å². The smallest absolute Gasteiger partial charge is 0.255 e. The molecule has 0 amide bonds. The van der Waals surface area contributed by atoms with Crippen LogP contribution in [0.5, 0.6) is 0 Å². The van der Waals surface area contributed by atoms with Crippen LogP contribution in [-0.2, 0) is 0 Å². The SMILES string of the molecule is Cc1cccc(-n2c(=O)ccc3cnc4ccc(=O)[nH]c4c32)c1. The molecule has 23 heavy (non-hydrogen) atoms. The van der Waals surface area contributed by atoms with Crippen molar-refractivity contribution in [1.29, 1.82) is 0 Å². The maximum Gasteiger partial charge on any atom is 0.255 e. The second kappa shape index (κ2) is 4.91. The quantitative estimate of drug-likeness (QED) is 0.549. The third-order valence-electron chi connectivity index (χ3n) is 3.86. The molecular formula is C18H13N3O2. The molecule has 0 radical (unpaired) electrons. The zero-order valence-electron chi connectivity index (χ0n) is 12.4. The highest BCUT2D eigenvalue weighted by Crippen LogP contribution is 2.22. The molecule has 0 aliphatic rings. The molecule has 5 nitrogen and oxygen atoms in total. The normalized spacial score (nSPS) is 11.2. The second-order valence-electron chi connectivity index (χ2n) is 5.49. The predicted molar refractivity (Wildman–Crippen MR) is 90.2 cm³/mol. The number of aryl methyl sites for hydroxylation is 1. The highest BCUT2D eigenvalue weighted by Gasteiger charge is 2.11. The van der Waals surface area contributed by atoms with Crippen molar-refractivity contribution in [3.63, 3.8) is 0 Å². The van der Waals surface area contributed by atoms with Crippen molar-refractivity contribution in [2.24, 2.45) is 0 Å². The van der Waals surface area contributed by atoms with Crippen molar-refractivity contribution in [3.8, 4) is 5.69 Å². The molecule has 0 bridgehead atoms. The first-order chi connectivity index (χ1) is 11.1. The van der Waals surface area contributed by atoms with E-state index in [0.717, 1.165) is 16.6 Å². The number of aromatic amines is 1. The van der Waals surface area contributed by atoms with Crippen LogP contribution in [-0.4, -0.2) is 14.5 Å². The van der Waals surface area contributed by atoms with Crippen LogP contribution in [0.15, 0.2) is 64.3 Å². The molecule has 4 aromatic rings. The lowest BCUT2D eigenvalue weighted by Crippen LogP contribution is -2.18. The number of nitrogens with zero attached hydrogens (tertiary/aromatic N) is 2. The van der Waals surface area contributed by atoms with E-state index in [1.807, 2.05) is 31.2 Å². The van der Waals surface area contributed by atoms with Gasteiger partial charge in [-0.25, -0.2) is 0 Å². The first kappa shape index (κ1) is 13.5. The number of rotatable bonds is 1. The summed E-state index contributed by atoms with van der Waals surface area (Å²) in [6.07, 6.45) is 1.71. The molecule has 5 heteroatoms. The lowest BCUT2D eigenvalue weighted by molar-refractivity contribution is 1.04. The van der Waals surface area contributed by atoms with Crippen molar-refractivity contribution in [2.75, 3.05) is 0 Å². The number of hydrogen-bond donors (Lipinski definition) is 1. The lowest BCUT2D eigenvalue weighted by atomic mass is 10.1. The molecule has 4 rings (SSSR count). The van der Waals surface area contributed by atoms with E-state index in [9.17, 15) is 9.59 Å². The van der Waals surface area contributed by atoms with Gasteiger partial charge in [0.15, 0.2) is 0 Å². The first-order valence-electron chi connectivity index (χ1n) is 7.24. The third kappa shape index (κ3) is 2.14. The molecule has 0 spiro atoms. The molecule has 112 valence electrons. The summed E-state index contributed by atoms with van der Waals surface area (Å²) >= 11 is 0. The maximum atomic E-state index is 12.5. The van der Waals surface area contributed by atoms with Gasteiger partial charge in [-0.3, -0.25) is 19.1 Å². The van der Waals surface area contributed by atoms with Crippen molar-refractivity contribution >= 4 is 21.9 Å². The van der Waals surface area contributed by atoms with Gasteiger partial charge in [-0.15, -0.1) is 0 Å². The molecule has 3 aromatic heterocycles. The minimum atomic E-state index is -0.223. The Balaban J connectivity index is 2.26. The van der Waals surface area contributed by atoms with Gasteiger partial charge < -0.3 is 4.98 Å². The summed E-state index contributed by atoms with van der Waals surface area (Å²) < 4.78 is 1.61. The van der Waals surface area contributed by atoms with Crippen molar-refractivity contribution in [2.45, 2.75) is 6.92 Å². The fraction of sp³-hybridized carbons (Fsp3) is 0.0556. The monoisotopic (exact) mass is 303 g/mol. The van der Waals surface area contributed by atoms with Gasteiger partial charge in [-0.1, -0.05) is 12.1 Å². The summed E-state index contributed by atoms with van der Waals surface area (Å²) in [6, 6.07) is 14.0. The zero-order chi connectivity index (χ0) is 16.0. The van der Waals surface area contributed by atoms with Crippen molar-refractivity contribution in [3.05, 3.63) is 81.0 Å². The van der Waals surface area contributed by atoms with Crippen LogP contribution < -0.4 is 11.1 Å². The number of nitrogens with one attached hydrogen (secondary N) is 1. The van der Waals surface area contributed by atoms with Crippen LogP contribution in [0, 0.1) is 6.92 Å². The van der Waals surface area contributed by atoms with Crippen LogP contribution >= 0.6 is 0 Å². The van der Waals surface area contributed by atoms with E-state index in [0.29, 0.717) is 16.6 Å². The van der Waals surface area contributed by atoms with Gasteiger partial charge in [-0.2, -0.15) is 0 Å². The Morgan fingerprint density at radius 3 is 2.74 bits per heavy atom. The highest BCUT2D eigenvalue weighted by molar-refractivity contribution is 6.01. The van der Waals surface area contributed by atoms with Gasteiger partial charge in [0, 0.05) is 29.4 Å². The van der Waals surface area contributed by atoms with Gasteiger partial charge in [0.25, 0.3) is 5.56 Å². The number of aromatic nitrogens is 3. The van der Waals surface area contributed by atoms with Crippen molar-refractivity contribution in [1.82, 2.24) is 14.5 Å². The summed E-state index contributed by atoms with van der Waals surface area (Å²) in [5.74, 6) is 0.